The van der Waals surface area contributed by atoms with Gasteiger partial charge in [0.25, 0.3) is 5.91 Å². The average Bonchev–Trinajstić information content (AvgIpc) is 3.23. The third kappa shape index (κ3) is 6.55. The molecule has 1 aliphatic rings. The highest BCUT2D eigenvalue weighted by Gasteiger charge is 2.26. The van der Waals surface area contributed by atoms with E-state index in [0.29, 0.717) is 27.9 Å². The summed E-state index contributed by atoms with van der Waals surface area (Å²) < 4.78 is 11.2. The van der Waals surface area contributed by atoms with Crippen LogP contribution in [0.4, 0.5) is 10.6 Å². The fourth-order valence-corrected chi connectivity index (χ4v) is 4.33. The van der Waals surface area contributed by atoms with Crippen LogP contribution in [-0.2, 0) is 16.1 Å². The maximum absolute atomic E-state index is 13.3. The van der Waals surface area contributed by atoms with Crippen LogP contribution < -0.4 is 15.4 Å². The van der Waals surface area contributed by atoms with Gasteiger partial charge in [-0.25, -0.2) is 14.8 Å². The number of ether oxygens (including phenoxy) is 2. The SMILES string of the molecule is COC(=O)Oc1ccc2nc(C(=O)NC3CCN(C(C)C)CC3)n(CC(=O)Nc3ccc(Cl)cn3)c2c1. The van der Waals surface area contributed by atoms with Crippen molar-refractivity contribution in [2.75, 3.05) is 25.5 Å². The predicted octanol–water partition coefficient (Wildman–Crippen LogP) is 3.47. The molecular formula is C25H29ClN6O5. The molecular weight excluding hydrogens is 500 g/mol. The maximum Gasteiger partial charge on any atom is 0.513 e. The normalized spacial score (nSPS) is 14.5. The molecule has 0 atom stereocenters. The van der Waals surface area contributed by atoms with Gasteiger partial charge in [-0.1, -0.05) is 11.6 Å². The Hall–Kier alpha value is -3.70. The van der Waals surface area contributed by atoms with E-state index < -0.39 is 12.1 Å². The number of carbonyl (C=O) groups is 3. The molecule has 1 aliphatic heterocycles. The Balaban J connectivity index is 1.59. The summed E-state index contributed by atoms with van der Waals surface area (Å²) in [4.78, 5) is 48.8. The Morgan fingerprint density at radius 3 is 2.57 bits per heavy atom. The quantitative estimate of drug-likeness (QED) is 0.352. The van der Waals surface area contributed by atoms with E-state index in [2.05, 4.69) is 44.1 Å². The van der Waals surface area contributed by atoms with E-state index in [1.165, 1.54) is 30.0 Å². The van der Waals surface area contributed by atoms with Crippen LogP contribution in [-0.4, -0.2) is 69.7 Å². The minimum absolute atomic E-state index is 0.000995. The number of carbonyl (C=O) groups excluding carboxylic acids is 3. The van der Waals surface area contributed by atoms with Gasteiger partial charge in [-0.3, -0.25) is 9.59 Å². The number of hydrogen-bond donors (Lipinski definition) is 2. The first-order valence-corrected chi connectivity index (χ1v) is 12.3. The summed E-state index contributed by atoms with van der Waals surface area (Å²) in [6.45, 7) is 5.87. The number of aromatic nitrogens is 3. The molecule has 1 saturated heterocycles. The number of amides is 2. The van der Waals surface area contributed by atoms with Gasteiger partial charge in [-0.2, -0.15) is 0 Å². The number of methoxy groups -OCH3 is 1. The van der Waals surface area contributed by atoms with Crippen molar-refractivity contribution in [1.29, 1.82) is 0 Å². The molecule has 196 valence electrons. The second-order valence-electron chi connectivity index (χ2n) is 9.02. The van der Waals surface area contributed by atoms with Gasteiger partial charge in [-0.15, -0.1) is 0 Å². The van der Waals surface area contributed by atoms with Crippen LogP contribution in [0.3, 0.4) is 0 Å². The van der Waals surface area contributed by atoms with Crippen LogP contribution in [0.5, 0.6) is 5.75 Å². The zero-order valence-corrected chi connectivity index (χ0v) is 21.6. The predicted molar refractivity (Wildman–Crippen MR) is 138 cm³/mol. The molecule has 0 aliphatic carbocycles. The Kier molecular flexibility index (Phi) is 8.24. The van der Waals surface area contributed by atoms with Crippen molar-refractivity contribution in [3.8, 4) is 5.75 Å². The summed E-state index contributed by atoms with van der Waals surface area (Å²) in [5.41, 5.74) is 0.912. The van der Waals surface area contributed by atoms with Crippen LogP contribution in [0.25, 0.3) is 11.0 Å². The monoisotopic (exact) mass is 528 g/mol. The molecule has 0 bridgehead atoms. The number of imidazole rings is 1. The molecule has 2 N–H and O–H groups in total. The van der Waals surface area contributed by atoms with Crippen molar-refractivity contribution in [1.82, 2.24) is 24.8 Å². The van der Waals surface area contributed by atoms with Gasteiger partial charge in [0.05, 0.1) is 23.2 Å². The van der Waals surface area contributed by atoms with Crippen LogP contribution in [0.1, 0.15) is 37.3 Å². The second kappa shape index (κ2) is 11.6. The molecule has 11 nitrogen and oxygen atoms in total. The van der Waals surface area contributed by atoms with Crippen molar-refractivity contribution in [3.05, 3.63) is 47.4 Å². The summed E-state index contributed by atoms with van der Waals surface area (Å²) in [5.74, 6) is -0.222. The van der Waals surface area contributed by atoms with Gasteiger partial charge in [0.15, 0.2) is 0 Å². The largest absolute Gasteiger partial charge is 0.513 e. The number of nitrogens with zero attached hydrogens (tertiary/aromatic N) is 4. The zero-order valence-electron chi connectivity index (χ0n) is 20.9. The number of piperidine rings is 1. The molecule has 3 aromatic rings. The zero-order chi connectivity index (χ0) is 26.5. The summed E-state index contributed by atoms with van der Waals surface area (Å²) in [5, 5.41) is 6.20. The molecule has 4 rings (SSSR count). The summed E-state index contributed by atoms with van der Waals surface area (Å²) in [7, 11) is 1.20. The van der Waals surface area contributed by atoms with E-state index in [0.717, 1.165) is 25.9 Å². The summed E-state index contributed by atoms with van der Waals surface area (Å²) >= 11 is 5.87. The molecule has 0 spiro atoms. The topological polar surface area (TPSA) is 128 Å². The first-order valence-electron chi connectivity index (χ1n) is 12.0. The van der Waals surface area contributed by atoms with Crippen molar-refractivity contribution in [2.45, 2.75) is 45.3 Å². The first-order chi connectivity index (χ1) is 17.7. The minimum atomic E-state index is -0.886. The molecule has 2 amide bonds. The highest BCUT2D eigenvalue weighted by atomic mass is 35.5. The van der Waals surface area contributed by atoms with Crippen molar-refractivity contribution in [3.63, 3.8) is 0 Å². The van der Waals surface area contributed by atoms with Crippen LogP contribution in [0, 0.1) is 0 Å². The molecule has 1 fully saturated rings. The van der Waals surface area contributed by atoms with Crippen molar-refractivity contribution in [2.24, 2.45) is 0 Å². The lowest BCUT2D eigenvalue weighted by Gasteiger charge is -2.34. The lowest BCUT2D eigenvalue weighted by molar-refractivity contribution is -0.116. The van der Waals surface area contributed by atoms with E-state index in [9.17, 15) is 14.4 Å². The lowest BCUT2D eigenvalue weighted by atomic mass is 10.0. The second-order valence-corrected chi connectivity index (χ2v) is 9.45. The van der Waals surface area contributed by atoms with Gasteiger partial charge < -0.3 is 29.6 Å². The van der Waals surface area contributed by atoms with E-state index in [1.807, 2.05) is 0 Å². The molecule has 37 heavy (non-hydrogen) atoms. The highest BCUT2D eigenvalue weighted by molar-refractivity contribution is 6.30. The average molecular weight is 529 g/mol. The number of halogens is 1. The molecule has 1 aromatic carbocycles. The Bertz CT molecular complexity index is 1280. The smallest absolute Gasteiger partial charge is 0.437 e. The molecule has 12 heteroatoms. The van der Waals surface area contributed by atoms with Crippen molar-refractivity contribution >= 4 is 46.4 Å². The number of nitrogens with one attached hydrogen (secondary N) is 2. The van der Waals surface area contributed by atoms with Crippen LogP contribution in [0.2, 0.25) is 5.02 Å². The van der Waals surface area contributed by atoms with Crippen LogP contribution >= 0.6 is 11.6 Å². The Morgan fingerprint density at radius 1 is 1.16 bits per heavy atom. The Morgan fingerprint density at radius 2 is 1.92 bits per heavy atom. The lowest BCUT2D eigenvalue weighted by Crippen LogP contribution is -2.47. The number of benzene rings is 1. The number of likely N-dealkylation sites (tertiary alicyclic amines) is 1. The molecule has 0 radical (unpaired) electrons. The van der Waals surface area contributed by atoms with Gasteiger partial charge in [-0.05, 0) is 51.0 Å². The van der Waals surface area contributed by atoms with E-state index in [-0.39, 0.29) is 30.1 Å². The number of hydrogen-bond acceptors (Lipinski definition) is 8. The number of rotatable bonds is 7. The van der Waals surface area contributed by atoms with Crippen molar-refractivity contribution < 1.29 is 23.9 Å². The molecule has 0 saturated carbocycles. The van der Waals surface area contributed by atoms with E-state index in [4.69, 9.17) is 16.3 Å². The highest BCUT2D eigenvalue weighted by Crippen LogP contribution is 2.24. The van der Waals surface area contributed by atoms with Gasteiger partial charge in [0, 0.05) is 37.4 Å². The third-order valence-corrected chi connectivity index (χ3v) is 6.41. The molecule has 2 aromatic heterocycles. The fourth-order valence-electron chi connectivity index (χ4n) is 4.22. The summed E-state index contributed by atoms with van der Waals surface area (Å²) in [6.07, 6.45) is 2.18. The van der Waals surface area contributed by atoms with E-state index >= 15 is 0 Å². The van der Waals surface area contributed by atoms with E-state index in [1.54, 1.807) is 18.2 Å². The molecule has 0 unspecified atom stereocenters. The third-order valence-electron chi connectivity index (χ3n) is 6.18. The Labute approximate surface area is 219 Å². The standard InChI is InChI=1S/C25H29ClN6O5/c1-15(2)31-10-8-17(9-11-31)28-24(34)23-29-19-6-5-18(37-25(35)36-3)12-20(19)32(23)14-22(33)30-21-7-4-16(26)13-27-21/h4-7,12-13,15,17H,8-11,14H2,1-3H3,(H,28,34)(H,27,30,33). The van der Waals surface area contributed by atoms with Gasteiger partial charge >= 0.3 is 6.16 Å². The maximum atomic E-state index is 13.3. The molecule has 3 heterocycles. The number of anilines is 1. The van der Waals surface area contributed by atoms with Gasteiger partial charge in [0.1, 0.15) is 18.1 Å². The minimum Gasteiger partial charge on any atom is -0.437 e. The fraction of sp³-hybridized carbons (Fsp3) is 0.400. The number of fused-ring (bicyclic) bond motifs is 1. The first kappa shape index (κ1) is 26.4. The number of pyridine rings is 1. The van der Waals surface area contributed by atoms with Gasteiger partial charge in [0.2, 0.25) is 11.7 Å². The van der Waals surface area contributed by atoms with Crippen LogP contribution in [0.15, 0.2) is 36.5 Å². The summed E-state index contributed by atoms with van der Waals surface area (Å²) in [6, 6.07) is 8.32.